The maximum Gasteiger partial charge on any atom is 0.345 e. The molecule has 0 saturated carbocycles. The molecule has 1 aliphatic heterocycles. The molecule has 1 N–H and O–H groups in total. The van der Waals surface area contributed by atoms with Crippen molar-refractivity contribution in [3.63, 3.8) is 0 Å². The molecule has 0 bridgehead atoms. The summed E-state index contributed by atoms with van der Waals surface area (Å²) in [5.74, 6) is 0. The zero-order valence-corrected chi connectivity index (χ0v) is 25.9. The first-order valence-corrected chi connectivity index (χ1v) is 15.4. The van der Waals surface area contributed by atoms with Crippen LogP contribution in [0.25, 0.3) is 21.3 Å². The number of nitrogens with zero attached hydrogens (tertiary/aromatic N) is 4. The van der Waals surface area contributed by atoms with Gasteiger partial charge in [0.05, 0.1) is 33.2 Å². The van der Waals surface area contributed by atoms with E-state index in [9.17, 15) is 4.79 Å². The number of hydrogen-bond donors (Lipinski definition) is 1. The third-order valence-electron chi connectivity index (χ3n) is 7.56. The SMILES string of the molecule is CNCCCCN1N=C(CCc2nc3ccccc3s2)c2ccccc2N(Cc2ccc(-c3ccccc3)cc2)C1=O.Cl. The molecule has 1 aromatic heterocycles. The van der Waals surface area contributed by atoms with Crippen LogP contribution in [0.4, 0.5) is 10.5 Å². The molecule has 0 saturated heterocycles. The average molecular weight is 610 g/mol. The molecular weight excluding hydrogens is 574 g/mol. The lowest BCUT2D eigenvalue weighted by atomic mass is 10.0. The predicted octanol–water partition coefficient (Wildman–Crippen LogP) is 8.16. The van der Waals surface area contributed by atoms with Crippen LogP contribution in [0, 0.1) is 0 Å². The maximum atomic E-state index is 14.1. The summed E-state index contributed by atoms with van der Waals surface area (Å²) in [7, 11) is 1.96. The van der Waals surface area contributed by atoms with Crippen LogP contribution in [0.3, 0.4) is 0 Å². The highest BCUT2D eigenvalue weighted by atomic mass is 35.5. The van der Waals surface area contributed by atoms with Crippen LogP contribution >= 0.6 is 23.7 Å². The average Bonchev–Trinajstić information content (AvgIpc) is 3.42. The van der Waals surface area contributed by atoms with E-state index in [0.717, 1.165) is 64.4 Å². The van der Waals surface area contributed by atoms with E-state index < -0.39 is 0 Å². The van der Waals surface area contributed by atoms with Crippen molar-refractivity contribution < 1.29 is 4.79 Å². The van der Waals surface area contributed by atoms with Gasteiger partial charge in [-0.2, -0.15) is 5.10 Å². The monoisotopic (exact) mass is 609 g/mol. The molecule has 8 heteroatoms. The number of aromatic nitrogens is 1. The third kappa shape index (κ3) is 7.13. The Balaban J connectivity index is 0.00000368. The summed E-state index contributed by atoms with van der Waals surface area (Å²) in [6.45, 7) is 1.95. The van der Waals surface area contributed by atoms with E-state index >= 15 is 0 Å². The molecule has 220 valence electrons. The van der Waals surface area contributed by atoms with Crippen LogP contribution in [0.1, 0.15) is 35.4 Å². The van der Waals surface area contributed by atoms with Gasteiger partial charge in [-0.05, 0) is 67.7 Å². The van der Waals surface area contributed by atoms with E-state index in [4.69, 9.17) is 10.1 Å². The van der Waals surface area contributed by atoms with E-state index in [2.05, 4.69) is 78.1 Å². The van der Waals surface area contributed by atoms with Gasteiger partial charge in [-0.3, -0.25) is 4.90 Å². The number of anilines is 1. The Labute approximate surface area is 263 Å². The summed E-state index contributed by atoms with van der Waals surface area (Å²) in [4.78, 5) is 20.9. The number of nitrogens with one attached hydrogen (secondary N) is 1. The number of rotatable bonds is 11. The third-order valence-corrected chi connectivity index (χ3v) is 8.66. The van der Waals surface area contributed by atoms with Gasteiger partial charge in [-0.1, -0.05) is 84.9 Å². The van der Waals surface area contributed by atoms with Gasteiger partial charge in [0, 0.05) is 18.5 Å². The van der Waals surface area contributed by atoms with Gasteiger partial charge < -0.3 is 5.32 Å². The molecule has 6 nitrogen and oxygen atoms in total. The summed E-state index contributed by atoms with van der Waals surface area (Å²) in [5.41, 5.74) is 7.28. The summed E-state index contributed by atoms with van der Waals surface area (Å²) < 4.78 is 1.20. The van der Waals surface area contributed by atoms with Crippen molar-refractivity contribution in [2.45, 2.75) is 32.2 Å². The van der Waals surface area contributed by atoms with Crippen LogP contribution < -0.4 is 10.2 Å². The molecule has 43 heavy (non-hydrogen) atoms. The Kier molecular flexibility index (Phi) is 10.2. The summed E-state index contributed by atoms with van der Waals surface area (Å²) in [6, 6.07) is 35.2. The minimum atomic E-state index is -0.0889. The first kappa shape index (κ1) is 30.4. The van der Waals surface area contributed by atoms with Crippen molar-refractivity contribution in [2.75, 3.05) is 25.0 Å². The standard InChI is InChI=1S/C35H35N5OS.ClH/c1-36-23-9-10-24-40-35(41)39(25-26-17-19-28(20-18-26)27-11-3-2-4-12-27)32-15-7-5-13-29(32)30(38-40)21-22-34-37-31-14-6-8-16-33(31)42-34;/h2-8,11-20,36H,9-10,21-25H2,1H3;1H. The Morgan fingerprint density at radius 1 is 0.791 bits per heavy atom. The van der Waals surface area contributed by atoms with Crippen LogP contribution in [0.2, 0.25) is 0 Å². The number of halogens is 1. The van der Waals surface area contributed by atoms with Crippen molar-refractivity contribution in [2.24, 2.45) is 5.10 Å². The van der Waals surface area contributed by atoms with Crippen molar-refractivity contribution in [1.82, 2.24) is 15.3 Å². The van der Waals surface area contributed by atoms with Gasteiger partial charge in [0.25, 0.3) is 0 Å². The fourth-order valence-corrected chi connectivity index (χ4v) is 6.32. The molecule has 4 aromatic carbocycles. The van der Waals surface area contributed by atoms with E-state index in [1.54, 1.807) is 16.3 Å². The van der Waals surface area contributed by atoms with Gasteiger partial charge >= 0.3 is 6.03 Å². The molecule has 0 radical (unpaired) electrons. The van der Waals surface area contributed by atoms with Crippen molar-refractivity contribution in [3.05, 3.63) is 119 Å². The number of amides is 2. The van der Waals surface area contributed by atoms with Crippen LogP contribution in [-0.4, -0.2) is 41.9 Å². The van der Waals surface area contributed by atoms with E-state index in [1.807, 2.05) is 42.3 Å². The van der Waals surface area contributed by atoms with Crippen LogP contribution in [0.15, 0.2) is 108 Å². The molecule has 5 aromatic rings. The van der Waals surface area contributed by atoms with E-state index in [-0.39, 0.29) is 18.4 Å². The lowest BCUT2D eigenvalue weighted by Crippen LogP contribution is -2.40. The molecule has 1 aliphatic rings. The molecule has 2 amide bonds. The minimum absolute atomic E-state index is 0. The number of carbonyl (C=O) groups is 1. The number of hydrogen-bond acceptors (Lipinski definition) is 5. The molecule has 2 heterocycles. The molecule has 0 aliphatic carbocycles. The first-order valence-electron chi connectivity index (χ1n) is 14.6. The number of aryl methyl sites for hydroxylation is 1. The molecule has 6 rings (SSSR count). The Morgan fingerprint density at radius 2 is 1.51 bits per heavy atom. The topological polar surface area (TPSA) is 60.8 Å². The number of carbonyl (C=O) groups excluding carboxylic acids is 1. The van der Waals surface area contributed by atoms with Crippen molar-refractivity contribution in [1.29, 1.82) is 0 Å². The molecule has 0 unspecified atom stereocenters. The molecule has 0 fully saturated rings. The Morgan fingerprint density at radius 3 is 2.30 bits per heavy atom. The molecule has 0 atom stereocenters. The highest BCUT2D eigenvalue weighted by Crippen LogP contribution is 2.31. The second-order valence-electron chi connectivity index (χ2n) is 10.5. The second-order valence-corrected chi connectivity index (χ2v) is 11.6. The smallest absolute Gasteiger partial charge is 0.320 e. The highest BCUT2D eigenvalue weighted by molar-refractivity contribution is 7.18. The highest BCUT2D eigenvalue weighted by Gasteiger charge is 2.29. The second kappa shape index (κ2) is 14.4. The number of fused-ring (bicyclic) bond motifs is 2. The van der Waals surface area contributed by atoms with E-state index in [1.165, 1.54) is 10.3 Å². The van der Waals surface area contributed by atoms with Crippen LogP contribution in [-0.2, 0) is 13.0 Å². The van der Waals surface area contributed by atoms with Crippen molar-refractivity contribution >= 4 is 51.4 Å². The summed E-state index contributed by atoms with van der Waals surface area (Å²) in [5, 5.41) is 11.0. The lowest BCUT2D eigenvalue weighted by Gasteiger charge is -2.27. The lowest BCUT2D eigenvalue weighted by molar-refractivity contribution is 0.206. The Bertz CT molecular complexity index is 1650. The Hall–Kier alpha value is -4.04. The van der Waals surface area contributed by atoms with Crippen molar-refractivity contribution in [3.8, 4) is 11.1 Å². The zero-order chi connectivity index (χ0) is 28.7. The number of unbranched alkanes of at least 4 members (excludes halogenated alkanes) is 1. The minimum Gasteiger partial charge on any atom is -0.320 e. The number of hydrazone groups is 1. The van der Waals surface area contributed by atoms with Gasteiger partial charge in [-0.15, -0.1) is 23.7 Å². The van der Waals surface area contributed by atoms with Gasteiger partial charge in [0.15, 0.2) is 0 Å². The number of thiazole rings is 1. The summed E-state index contributed by atoms with van der Waals surface area (Å²) in [6.07, 6.45) is 3.33. The van der Waals surface area contributed by atoms with Gasteiger partial charge in [0.2, 0.25) is 0 Å². The number of para-hydroxylation sites is 2. The first-order chi connectivity index (χ1) is 20.7. The van der Waals surface area contributed by atoms with Gasteiger partial charge in [-0.25, -0.2) is 14.8 Å². The molecule has 0 spiro atoms. The number of benzene rings is 4. The fourth-order valence-electron chi connectivity index (χ4n) is 5.35. The maximum absolute atomic E-state index is 14.1. The zero-order valence-electron chi connectivity index (χ0n) is 24.3. The normalized spacial score (nSPS) is 13.0. The van der Waals surface area contributed by atoms with E-state index in [0.29, 0.717) is 19.5 Å². The fraction of sp³-hybridized carbons (Fsp3) is 0.229. The van der Waals surface area contributed by atoms with Gasteiger partial charge in [0.1, 0.15) is 0 Å². The number of urea groups is 1. The molecular formula is C35H36ClN5OS. The largest absolute Gasteiger partial charge is 0.345 e. The predicted molar refractivity (Wildman–Crippen MR) is 181 cm³/mol. The quantitative estimate of drug-likeness (QED) is 0.154. The summed E-state index contributed by atoms with van der Waals surface area (Å²) >= 11 is 1.73. The van der Waals surface area contributed by atoms with Crippen LogP contribution in [0.5, 0.6) is 0 Å².